The number of aromatic amines is 1. The summed E-state index contributed by atoms with van der Waals surface area (Å²) in [6, 6.07) is 14.6. The first-order valence-corrected chi connectivity index (χ1v) is 10.1. The Bertz CT molecular complexity index is 1230. The number of furan rings is 1. The number of rotatable bonds is 5. The number of thioether (sulfide) groups is 1. The van der Waals surface area contributed by atoms with Crippen molar-refractivity contribution in [3.05, 3.63) is 87.7 Å². The maximum absolute atomic E-state index is 12.4. The molecule has 0 saturated heterocycles. The molecule has 2 heterocycles. The van der Waals surface area contributed by atoms with Crippen LogP contribution in [-0.4, -0.2) is 15.9 Å². The first-order chi connectivity index (χ1) is 14.0. The lowest BCUT2D eigenvalue weighted by Gasteiger charge is -2.07. The van der Waals surface area contributed by atoms with E-state index in [0.717, 1.165) is 27.1 Å². The average molecular weight is 405 g/mol. The topological polar surface area (TPSA) is 88.0 Å². The summed E-state index contributed by atoms with van der Waals surface area (Å²) in [6.45, 7) is 4.04. The lowest BCUT2D eigenvalue weighted by Crippen LogP contribution is -2.14. The van der Waals surface area contributed by atoms with E-state index in [2.05, 4.69) is 15.3 Å². The first-order valence-electron chi connectivity index (χ1n) is 9.07. The average Bonchev–Trinajstić information content (AvgIpc) is 3.24. The minimum atomic E-state index is -0.298. The summed E-state index contributed by atoms with van der Waals surface area (Å²) in [7, 11) is 0. The monoisotopic (exact) mass is 405 g/mol. The van der Waals surface area contributed by atoms with Crippen molar-refractivity contribution in [2.75, 3.05) is 5.32 Å². The molecule has 0 bridgehead atoms. The Hall–Kier alpha value is -3.32. The Morgan fingerprint density at radius 2 is 1.90 bits per heavy atom. The van der Waals surface area contributed by atoms with Crippen molar-refractivity contribution in [3.8, 4) is 0 Å². The summed E-state index contributed by atoms with van der Waals surface area (Å²) < 4.78 is 5.08. The van der Waals surface area contributed by atoms with Gasteiger partial charge in [-0.3, -0.25) is 9.59 Å². The van der Waals surface area contributed by atoms with Crippen LogP contribution in [0, 0.1) is 13.8 Å². The number of aryl methyl sites for hydroxylation is 2. The van der Waals surface area contributed by atoms with Gasteiger partial charge in [-0.2, -0.15) is 0 Å². The fourth-order valence-electron chi connectivity index (χ4n) is 2.87. The van der Waals surface area contributed by atoms with E-state index in [1.807, 2.05) is 50.2 Å². The fourth-order valence-corrected chi connectivity index (χ4v) is 3.70. The maximum Gasteiger partial charge on any atom is 0.291 e. The lowest BCUT2D eigenvalue weighted by molar-refractivity contribution is 0.0996. The van der Waals surface area contributed by atoms with Crippen LogP contribution in [0.4, 0.5) is 5.69 Å². The highest BCUT2D eigenvalue weighted by Gasteiger charge is 2.10. The van der Waals surface area contributed by atoms with Crippen molar-refractivity contribution in [2.45, 2.75) is 24.5 Å². The van der Waals surface area contributed by atoms with Gasteiger partial charge in [-0.15, -0.1) is 11.8 Å². The molecule has 1 amide bonds. The molecule has 0 radical (unpaired) electrons. The molecule has 0 saturated carbocycles. The summed E-state index contributed by atoms with van der Waals surface area (Å²) >= 11 is 1.52. The van der Waals surface area contributed by atoms with Gasteiger partial charge in [0.2, 0.25) is 0 Å². The second-order valence-electron chi connectivity index (χ2n) is 6.71. The van der Waals surface area contributed by atoms with E-state index in [4.69, 9.17) is 4.42 Å². The second-order valence-corrected chi connectivity index (χ2v) is 7.76. The molecule has 0 spiro atoms. The van der Waals surface area contributed by atoms with Gasteiger partial charge >= 0.3 is 0 Å². The Kier molecular flexibility index (Phi) is 5.22. The van der Waals surface area contributed by atoms with Gasteiger partial charge in [0.05, 0.1) is 17.3 Å². The number of fused-ring (bicyclic) bond motifs is 1. The molecule has 0 aliphatic carbocycles. The molecule has 0 atom stereocenters. The van der Waals surface area contributed by atoms with Crippen LogP contribution in [0.5, 0.6) is 0 Å². The molecule has 4 rings (SSSR count). The normalized spacial score (nSPS) is 11.0. The minimum absolute atomic E-state index is 0.171. The number of carbonyl (C=O) groups is 1. The number of hydrogen-bond acceptors (Lipinski definition) is 5. The van der Waals surface area contributed by atoms with Crippen molar-refractivity contribution in [3.63, 3.8) is 0 Å². The van der Waals surface area contributed by atoms with Crippen LogP contribution in [-0.2, 0) is 5.75 Å². The van der Waals surface area contributed by atoms with Crippen LogP contribution in [0.1, 0.15) is 27.4 Å². The van der Waals surface area contributed by atoms with Crippen molar-refractivity contribution < 1.29 is 9.21 Å². The van der Waals surface area contributed by atoms with E-state index in [9.17, 15) is 9.59 Å². The number of H-pyrrole nitrogens is 1. The van der Waals surface area contributed by atoms with Gasteiger partial charge in [0.25, 0.3) is 11.5 Å². The fraction of sp³-hybridized carbons (Fsp3) is 0.136. The number of nitrogens with one attached hydrogen (secondary N) is 2. The molecule has 4 aromatic rings. The smallest absolute Gasteiger partial charge is 0.291 e. The molecule has 0 aliphatic heterocycles. The van der Waals surface area contributed by atoms with Crippen molar-refractivity contribution in [1.82, 2.24) is 9.97 Å². The summed E-state index contributed by atoms with van der Waals surface area (Å²) in [4.78, 5) is 32.8. The molecule has 2 N–H and O–H groups in total. The highest BCUT2D eigenvalue weighted by Crippen LogP contribution is 2.24. The zero-order valence-corrected chi connectivity index (χ0v) is 16.8. The van der Waals surface area contributed by atoms with E-state index in [0.29, 0.717) is 17.1 Å². The predicted molar refractivity (Wildman–Crippen MR) is 115 cm³/mol. The number of amides is 1. The zero-order chi connectivity index (χ0) is 20.4. The van der Waals surface area contributed by atoms with Crippen LogP contribution in [0.25, 0.3) is 11.0 Å². The summed E-state index contributed by atoms with van der Waals surface area (Å²) in [5.74, 6) is 0.416. The Labute approximate surface area is 171 Å². The Morgan fingerprint density at radius 3 is 2.62 bits per heavy atom. The van der Waals surface area contributed by atoms with E-state index < -0.39 is 0 Å². The van der Waals surface area contributed by atoms with Gasteiger partial charge in [-0.05, 0) is 73.5 Å². The molecule has 0 aliphatic rings. The third kappa shape index (κ3) is 4.25. The van der Waals surface area contributed by atoms with Crippen LogP contribution in [0.15, 0.2) is 68.9 Å². The van der Waals surface area contributed by atoms with Gasteiger partial charge in [0.1, 0.15) is 5.69 Å². The van der Waals surface area contributed by atoms with Gasteiger partial charge in [-0.25, -0.2) is 4.98 Å². The van der Waals surface area contributed by atoms with Crippen LogP contribution in [0.3, 0.4) is 0 Å². The molecule has 2 aromatic carbocycles. The molecule has 146 valence electrons. The van der Waals surface area contributed by atoms with Gasteiger partial charge in [-0.1, -0.05) is 0 Å². The number of anilines is 1. The van der Waals surface area contributed by atoms with Gasteiger partial charge in [0.15, 0.2) is 5.76 Å². The zero-order valence-electron chi connectivity index (χ0n) is 16.0. The molecule has 0 fully saturated rings. The molecular formula is C22H19N3O3S. The van der Waals surface area contributed by atoms with Crippen molar-refractivity contribution >= 4 is 34.4 Å². The number of nitrogens with zero attached hydrogens (tertiary/aromatic N) is 1. The molecule has 29 heavy (non-hydrogen) atoms. The highest BCUT2D eigenvalue weighted by atomic mass is 32.2. The summed E-state index contributed by atoms with van der Waals surface area (Å²) in [6.07, 6.45) is 1.46. The van der Waals surface area contributed by atoms with E-state index in [1.54, 1.807) is 12.1 Å². The van der Waals surface area contributed by atoms with E-state index in [-0.39, 0.29) is 17.2 Å². The van der Waals surface area contributed by atoms with Crippen LogP contribution in [0.2, 0.25) is 0 Å². The van der Waals surface area contributed by atoms with E-state index in [1.165, 1.54) is 18.0 Å². The van der Waals surface area contributed by atoms with E-state index >= 15 is 0 Å². The third-order valence-corrected chi connectivity index (χ3v) is 5.63. The maximum atomic E-state index is 12.4. The molecule has 2 aromatic heterocycles. The second kappa shape index (κ2) is 7.97. The lowest BCUT2D eigenvalue weighted by atomic mass is 10.1. The predicted octanol–water partition coefficient (Wildman–Crippen LogP) is 4.68. The van der Waals surface area contributed by atoms with Crippen molar-refractivity contribution in [1.29, 1.82) is 0 Å². The summed E-state index contributed by atoms with van der Waals surface area (Å²) in [5, 5.41) is 2.78. The standard InChI is InChI=1S/C22H19N3O3S/c1-13-10-17-18(11-14(13)2)25-21(26)19(24-17)12-29-16-7-5-15(6-8-16)23-22(27)20-4-3-9-28-20/h3-11H,12H2,1-2H3,(H,23,27)(H,25,26). The van der Waals surface area contributed by atoms with Crippen LogP contribution < -0.4 is 10.9 Å². The molecule has 7 heteroatoms. The number of benzene rings is 2. The molecule has 0 unspecified atom stereocenters. The largest absolute Gasteiger partial charge is 0.459 e. The molecular weight excluding hydrogens is 386 g/mol. The quantitative estimate of drug-likeness (QED) is 0.471. The van der Waals surface area contributed by atoms with Gasteiger partial charge < -0.3 is 14.7 Å². The Morgan fingerprint density at radius 1 is 1.14 bits per heavy atom. The van der Waals surface area contributed by atoms with Crippen LogP contribution >= 0.6 is 11.8 Å². The molecule has 6 nitrogen and oxygen atoms in total. The minimum Gasteiger partial charge on any atom is -0.459 e. The number of carbonyl (C=O) groups excluding carboxylic acids is 1. The first kappa shape index (κ1) is 19.0. The highest BCUT2D eigenvalue weighted by molar-refractivity contribution is 7.98. The van der Waals surface area contributed by atoms with Crippen molar-refractivity contribution in [2.24, 2.45) is 0 Å². The third-order valence-electron chi connectivity index (χ3n) is 4.61. The number of hydrogen-bond donors (Lipinski definition) is 2. The SMILES string of the molecule is Cc1cc2nc(CSc3ccc(NC(=O)c4ccco4)cc3)c(=O)[nH]c2cc1C. The van der Waals surface area contributed by atoms with Gasteiger partial charge in [0, 0.05) is 16.3 Å². The Balaban J connectivity index is 1.45. The number of aromatic nitrogens is 2. The summed E-state index contributed by atoms with van der Waals surface area (Å²) in [5.41, 5.74) is 4.79.